The summed E-state index contributed by atoms with van der Waals surface area (Å²) in [4.78, 5) is 12.9. The Kier molecular flexibility index (Phi) is 7.74. The Morgan fingerprint density at radius 1 is 1.00 bits per heavy atom. The highest BCUT2D eigenvalue weighted by molar-refractivity contribution is 14.1. The first-order valence-corrected chi connectivity index (χ1v) is 11.1. The van der Waals surface area contributed by atoms with Crippen molar-refractivity contribution in [2.45, 2.75) is 33.8 Å². The lowest BCUT2D eigenvalue weighted by molar-refractivity contribution is 0.102. The van der Waals surface area contributed by atoms with Crippen molar-refractivity contribution in [1.82, 2.24) is 0 Å². The van der Waals surface area contributed by atoms with Gasteiger partial charge in [-0.2, -0.15) is 0 Å². The van der Waals surface area contributed by atoms with Crippen molar-refractivity contribution in [1.29, 1.82) is 0 Å². The van der Waals surface area contributed by atoms with Gasteiger partial charge in [-0.3, -0.25) is 4.79 Å². The number of rotatable bonds is 8. The lowest BCUT2D eigenvalue weighted by Crippen LogP contribution is -2.14. The van der Waals surface area contributed by atoms with Gasteiger partial charge in [0, 0.05) is 11.3 Å². The molecule has 0 heterocycles. The minimum absolute atomic E-state index is 0.167. The quantitative estimate of drug-likeness (QED) is 0.354. The Morgan fingerprint density at radius 3 is 2.43 bits per heavy atom. The average molecular weight is 515 g/mol. The van der Waals surface area contributed by atoms with Gasteiger partial charge in [-0.15, -0.1) is 0 Å². The van der Waals surface area contributed by atoms with Crippen molar-refractivity contribution < 1.29 is 14.3 Å². The third-order valence-electron chi connectivity index (χ3n) is 4.72. The van der Waals surface area contributed by atoms with Crippen LogP contribution in [-0.4, -0.2) is 12.5 Å². The molecule has 30 heavy (non-hydrogen) atoms. The Bertz CT molecular complexity index is 1020. The molecule has 3 rings (SSSR count). The number of para-hydroxylation sites is 1. The zero-order chi connectivity index (χ0) is 21.5. The second kappa shape index (κ2) is 10.5. The van der Waals surface area contributed by atoms with Gasteiger partial charge in [0.25, 0.3) is 5.91 Å². The fourth-order valence-electron chi connectivity index (χ4n) is 3.09. The number of hydrogen-bond acceptors (Lipinski definition) is 3. The predicted molar refractivity (Wildman–Crippen MR) is 130 cm³/mol. The third-order valence-corrected chi connectivity index (χ3v) is 5.52. The van der Waals surface area contributed by atoms with E-state index in [1.54, 1.807) is 6.07 Å². The van der Waals surface area contributed by atoms with Gasteiger partial charge < -0.3 is 14.8 Å². The fourth-order valence-corrected chi connectivity index (χ4v) is 3.84. The van der Waals surface area contributed by atoms with E-state index < -0.39 is 0 Å². The number of hydrogen-bond donors (Lipinski definition) is 1. The molecule has 0 fully saturated rings. The van der Waals surface area contributed by atoms with Crippen molar-refractivity contribution >= 4 is 34.2 Å². The van der Waals surface area contributed by atoms with Crippen molar-refractivity contribution in [2.75, 3.05) is 11.9 Å². The molecule has 0 bridgehead atoms. The average Bonchev–Trinajstić information content (AvgIpc) is 2.74. The van der Waals surface area contributed by atoms with Gasteiger partial charge in [0.05, 0.1) is 10.2 Å². The standard InChI is InChI=1S/C25H26INO3/c1-4-19-8-6-7-9-22(19)27-25(28)20-14-21(26)24(23(15-20)29-5-2)30-16-18-12-10-17(3)11-13-18/h6-15H,4-5,16H2,1-3H3,(H,27,28). The normalized spacial score (nSPS) is 10.5. The van der Waals surface area contributed by atoms with Crippen LogP contribution in [0.3, 0.4) is 0 Å². The first kappa shape index (κ1) is 22.2. The van der Waals surface area contributed by atoms with Gasteiger partial charge in [-0.1, -0.05) is 55.0 Å². The molecule has 0 radical (unpaired) electrons. The lowest BCUT2D eigenvalue weighted by Gasteiger charge is -2.16. The molecule has 0 unspecified atom stereocenters. The van der Waals surface area contributed by atoms with E-state index in [-0.39, 0.29) is 5.91 Å². The zero-order valence-electron chi connectivity index (χ0n) is 17.5. The highest BCUT2D eigenvalue weighted by Gasteiger charge is 2.17. The van der Waals surface area contributed by atoms with Crippen LogP contribution in [0.5, 0.6) is 11.5 Å². The van der Waals surface area contributed by atoms with Crippen LogP contribution in [0, 0.1) is 10.5 Å². The van der Waals surface area contributed by atoms with Crippen LogP contribution in [0.15, 0.2) is 60.7 Å². The van der Waals surface area contributed by atoms with E-state index in [0.717, 1.165) is 26.8 Å². The molecule has 3 aromatic carbocycles. The predicted octanol–water partition coefficient (Wildman–Crippen LogP) is 6.39. The monoisotopic (exact) mass is 515 g/mol. The summed E-state index contributed by atoms with van der Waals surface area (Å²) in [6.45, 7) is 6.97. The van der Waals surface area contributed by atoms with E-state index in [2.05, 4.69) is 66.0 Å². The molecule has 0 spiro atoms. The highest BCUT2D eigenvalue weighted by Crippen LogP contribution is 2.35. The molecule has 5 heteroatoms. The Balaban J connectivity index is 1.82. The molecule has 3 aromatic rings. The largest absolute Gasteiger partial charge is 0.490 e. The van der Waals surface area contributed by atoms with Crippen LogP contribution in [0.1, 0.15) is 40.9 Å². The topological polar surface area (TPSA) is 47.6 Å². The van der Waals surface area contributed by atoms with E-state index in [1.807, 2.05) is 37.3 Å². The summed E-state index contributed by atoms with van der Waals surface area (Å²) >= 11 is 2.19. The molecule has 0 aromatic heterocycles. The van der Waals surface area contributed by atoms with Gasteiger partial charge in [-0.25, -0.2) is 0 Å². The molecule has 156 valence electrons. The third kappa shape index (κ3) is 5.53. The second-order valence-corrected chi connectivity index (χ2v) is 8.12. The van der Waals surface area contributed by atoms with Crippen LogP contribution >= 0.6 is 22.6 Å². The van der Waals surface area contributed by atoms with Crippen LogP contribution in [-0.2, 0) is 13.0 Å². The van der Waals surface area contributed by atoms with Gasteiger partial charge >= 0.3 is 0 Å². The number of aryl methyl sites for hydroxylation is 2. The first-order chi connectivity index (χ1) is 14.5. The van der Waals surface area contributed by atoms with Gasteiger partial charge in [0.2, 0.25) is 0 Å². The van der Waals surface area contributed by atoms with E-state index >= 15 is 0 Å². The van der Waals surface area contributed by atoms with E-state index in [4.69, 9.17) is 9.47 Å². The molecule has 0 aliphatic rings. The smallest absolute Gasteiger partial charge is 0.255 e. The summed E-state index contributed by atoms with van der Waals surface area (Å²) in [5, 5.41) is 3.02. The Hall–Kier alpha value is -2.54. The number of halogens is 1. The number of ether oxygens (including phenoxy) is 2. The van der Waals surface area contributed by atoms with Crippen LogP contribution < -0.4 is 14.8 Å². The van der Waals surface area contributed by atoms with Gasteiger partial charge in [-0.05, 0) is 72.2 Å². The molecule has 0 saturated heterocycles. The van der Waals surface area contributed by atoms with Gasteiger partial charge in [0.15, 0.2) is 11.5 Å². The van der Waals surface area contributed by atoms with E-state index in [0.29, 0.717) is 30.3 Å². The SMILES string of the molecule is CCOc1cc(C(=O)Nc2ccccc2CC)cc(I)c1OCc1ccc(C)cc1. The van der Waals surface area contributed by atoms with E-state index in [1.165, 1.54) is 5.56 Å². The number of amides is 1. The maximum Gasteiger partial charge on any atom is 0.255 e. The lowest BCUT2D eigenvalue weighted by atomic mass is 10.1. The summed E-state index contributed by atoms with van der Waals surface area (Å²) in [6.07, 6.45) is 0.851. The second-order valence-electron chi connectivity index (χ2n) is 6.96. The van der Waals surface area contributed by atoms with E-state index in [9.17, 15) is 4.79 Å². The minimum atomic E-state index is -0.167. The molecule has 0 aliphatic carbocycles. The Morgan fingerprint density at radius 2 is 1.73 bits per heavy atom. The molecule has 0 aliphatic heterocycles. The fraction of sp³-hybridized carbons (Fsp3) is 0.240. The molecular weight excluding hydrogens is 489 g/mol. The maximum atomic E-state index is 12.9. The van der Waals surface area contributed by atoms with Gasteiger partial charge in [0.1, 0.15) is 6.61 Å². The van der Waals surface area contributed by atoms with Crippen LogP contribution in [0.25, 0.3) is 0 Å². The summed E-state index contributed by atoms with van der Waals surface area (Å²) < 4.78 is 12.7. The van der Waals surface area contributed by atoms with Crippen LogP contribution in [0.2, 0.25) is 0 Å². The summed E-state index contributed by atoms with van der Waals surface area (Å²) in [5.74, 6) is 1.06. The van der Waals surface area contributed by atoms with Crippen molar-refractivity contribution in [3.05, 3.63) is 86.5 Å². The van der Waals surface area contributed by atoms with Crippen molar-refractivity contribution in [3.63, 3.8) is 0 Å². The molecular formula is C25H26INO3. The Labute approximate surface area is 191 Å². The molecule has 0 atom stereocenters. The van der Waals surface area contributed by atoms with Crippen molar-refractivity contribution in [2.24, 2.45) is 0 Å². The molecule has 0 saturated carbocycles. The number of benzene rings is 3. The zero-order valence-corrected chi connectivity index (χ0v) is 19.7. The van der Waals surface area contributed by atoms with Crippen molar-refractivity contribution in [3.8, 4) is 11.5 Å². The summed E-state index contributed by atoms with van der Waals surface area (Å²) in [6, 6.07) is 19.7. The number of carbonyl (C=O) groups excluding carboxylic acids is 1. The number of carbonyl (C=O) groups is 1. The molecule has 1 amide bonds. The minimum Gasteiger partial charge on any atom is -0.490 e. The number of nitrogens with one attached hydrogen (secondary N) is 1. The van der Waals surface area contributed by atoms with Crippen LogP contribution in [0.4, 0.5) is 5.69 Å². The molecule has 4 nitrogen and oxygen atoms in total. The summed E-state index contributed by atoms with van der Waals surface area (Å²) in [5.41, 5.74) is 4.76. The highest BCUT2D eigenvalue weighted by atomic mass is 127. The first-order valence-electron chi connectivity index (χ1n) is 10.1. The molecule has 1 N–H and O–H groups in total. The maximum absolute atomic E-state index is 12.9. The number of anilines is 1. The summed E-state index contributed by atoms with van der Waals surface area (Å²) in [7, 11) is 0.